The SMILES string of the molecule is O=C(CBr)Cc1ccc(SC(F)(F)F)cc1. The van der Waals surface area contributed by atoms with Gasteiger partial charge in [0, 0.05) is 11.3 Å². The average molecular weight is 313 g/mol. The molecule has 0 aliphatic carbocycles. The zero-order valence-electron chi connectivity index (χ0n) is 8.05. The van der Waals surface area contributed by atoms with Gasteiger partial charge in [0.15, 0.2) is 0 Å². The number of rotatable bonds is 4. The molecule has 0 unspecified atom stereocenters. The predicted molar refractivity (Wildman–Crippen MR) is 60.9 cm³/mol. The molecule has 0 atom stereocenters. The van der Waals surface area contributed by atoms with Crippen molar-refractivity contribution in [2.24, 2.45) is 0 Å². The fraction of sp³-hybridized carbons (Fsp3) is 0.300. The van der Waals surface area contributed by atoms with Gasteiger partial charge in [0.05, 0.1) is 5.33 Å². The predicted octanol–water partition coefficient (Wildman–Crippen LogP) is 3.81. The van der Waals surface area contributed by atoms with E-state index in [2.05, 4.69) is 15.9 Å². The Morgan fingerprint density at radius 1 is 1.25 bits per heavy atom. The number of carbonyl (C=O) groups is 1. The second kappa shape index (κ2) is 5.72. The molecule has 0 radical (unpaired) electrons. The van der Waals surface area contributed by atoms with Gasteiger partial charge >= 0.3 is 5.51 Å². The summed E-state index contributed by atoms with van der Waals surface area (Å²) in [4.78, 5) is 11.2. The van der Waals surface area contributed by atoms with Crippen molar-refractivity contribution in [1.29, 1.82) is 0 Å². The molecule has 1 aromatic rings. The molecule has 0 spiro atoms. The van der Waals surface area contributed by atoms with Gasteiger partial charge in [-0.1, -0.05) is 28.1 Å². The van der Waals surface area contributed by atoms with Crippen LogP contribution in [0.2, 0.25) is 0 Å². The second-order valence-corrected chi connectivity index (χ2v) is 4.74. The highest BCUT2D eigenvalue weighted by Crippen LogP contribution is 2.36. The molecule has 1 nitrogen and oxygen atoms in total. The van der Waals surface area contributed by atoms with Gasteiger partial charge in [-0.25, -0.2) is 0 Å². The van der Waals surface area contributed by atoms with Crippen LogP contribution in [0.5, 0.6) is 0 Å². The lowest BCUT2D eigenvalue weighted by Crippen LogP contribution is -2.03. The highest BCUT2D eigenvalue weighted by atomic mass is 79.9. The van der Waals surface area contributed by atoms with Gasteiger partial charge in [0.25, 0.3) is 0 Å². The largest absolute Gasteiger partial charge is 0.446 e. The van der Waals surface area contributed by atoms with Crippen LogP contribution < -0.4 is 0 Å². The molecule has 0 aliphatic heterocycles. The number of Topliss-reactive ketones (excluding diaryl/α,β-unsaturated/α-hetero) is 1. The number of benzene rings is 1. The Morgan fingerprint density at radius 2 is 1.81 bits per heavy atom. The third-order valence-electron chi connectivity index (χ3n) is 1.71. The fourth-order valence-electron chi connectivity index (χ4n) is 1.08. The molecule has 0 bridgehead atoms. The smallest absolute Gasteiger partial charge is 0.298 e. The Morgan fingerprint density at radius 3 is 2.25 bits per heavy atom. The van der Waals surface area contributed by atoms with Crippen LogP contribution in [0.4, 0.5) is 13.2 Å². The minimum Gasteiger partial charge on any atom is -0.298 e. The molecule has 1 rings (SSSR count). The van der Waals surface area contributed by atoms with E-state index < -0.39 is 5.51 Å². The van der Waals surface area contributed by atoms with Crippen molar-refractivity contribution < 1.29 is 18.0 Å². The van der Waals surface area contributed by atoms with Crippen molar-refractivity contribution in [3.05, 3.63) is 29.8 Å². The molecule has 0 heterocycles. The van der Waals surface area contributed by atoms with E-state index in [4.69, 9.17) is 0 Å². The molecular weight excluding hydrogens is 305 g/mol. The van der Waals surface area contributed by atoms with Gasteiger partial charge in [-0.15, -0.1) is 0 Å². The van der Waals surface area contributed by atoms with Gasteiger partial charge in [0.1, 0.15) is 5.78 Å². The van der Waals surface area contributed by atoms with E-state index in [9.17, 15) is 18.0 Å². The minimum absolute atomic E-state index is 0.00350. The topological polar surface area (TPSA) is 17.1 Å². The zero-order valence-corrected chi connectivity index (χ0v) is 10.5. The van der Waals surface area contributed by atoms with Crippen molar-refractivity contribution in [2.75, 3.05) is 5.33 Å². The first kappa shape index (κ1) is 13.6. The molecular formula is C10H8BrF3OS. The quantitative estimate of drug-likeness (QED) is 0.621. The van der Waals surface area contributed by atoms with Gasteiger partial charge in [-0.2, -0.15) is 13.2 Å². The summed E-state index contributed by atoms with van der Waals surface area (Å²) in [7, 11) is 0. The zero-order chi connectivity index (χ0) is 12.2. The number of ketones is 1. The van der Waals surface area contributed by atoms with Crippen LogP contribution in [0.15, 0.2) is 29.2 Å². The summed E-state index contributed by atoms with van der Waals surface area (Å²) in [5.74, 6) is -0.00350. The molecule has 0 aromatic heterocycles. The normalized spacial score (nSPS) is 11.5. The lowest BCUT2D eigenvalue weighted by atomic mass is 10.1. The highest BCUT2D eigenvalue weighted by Gasteiger charge is 2.28. The van der Waals surface area contributed by atoms with Crippen LogP contribution in [0.25, 0.3) is 0 Å². The molecule has 0 aliphatic rings. The number of alkyl halides is 4. The average Bonchev–Trinajstić information content (AvgIpc) is 2.18. The van der Waals surface area contributed by atoms with Crippen LogP contribution in [-0.4, -0.2) is 16.6 Å². The van der Waals surface area contributed by atoms with E-state index in [0.717, 1.165) is 5.56 Å². The summed E-state index contributed by atoms with van der Waals surface area (Å²) in [6.07, 6.45) is 0.238. The van der Waals surface area contributed by atoms with Crippen LogP contribution in [0, 0.1) is 0 Å². The maximum Gasteiger partial charge on any atom is 0.446 e. The van der Waals surface area contributed by atoms with Crippen molar-refractivity contribution in [3.8, 4) is 0 Å². The summed E-state index contributed by atoms with van der Waals surface area (Å²) in [5.41, 5.74) is -3.55. The Bertz CT molecular complexity index is 361. The fourth-order valence-corrected chi connectivity index (χ4v) is 1.82. The molecule has 0 amide bonds. The molecule has 1 aromatic carbocycles. The summed E-state index contributed by atoms with van der Waals surface area (Å²) in [6.45, 7) is 0. The first-order chi connectivity index (χ1) is 7.40. The van der Waals surface area contributed by atoms with Gasteiger partial charge in [0.2, 0.25) is 0 Å². The van der Waals surface area contributed by atoms with E-state index in [1.165, 1.54) is 24.3 Å². The molecule has 6 heteroatoms. The Hall–Kier alpha value is -0.490. The Labute approximate surface area is 104 Å². The molecule has 0 saturated heterocycles. The van der Waals surface area contributed by atoms with Crippen molar-refractivity contribution in [1.82, 2.24) is 0 Å². The van der Waals surface area contributed by atoms with Crippen LogP contribution in [0.1, 0.15) is 5.56 Å². The molecule has 0 saturated carbocycles. The van der Waals surface area contributed by atoms with Crippen molar-refractivity contribution in [3.63, 3.8) is 0 Å². The summed E-state index contributed by atoms with van der Waals surface area (Å²) >= 11 is 2.86. The number of halogens is 4. The van der Waals surface area contributed by atoms with E-state index in [-0.39, 0.29) is 34.2 Å². The minimum atomic E-state index is -4.27. The highest BCUT2D eigenvalue weighted by molar-refractivity contribution is 9.09. The number of hydrogen-bond acceptors (Lipinski definition) is 2. The van der Waals surface area contributed by atoms with Crippen LogP contribution in [-0.2, 0) is 11.2 Å². The molecule has 16 heavy (non-hydrogen) atoms. The second-order valence-electron chi connectivity index (χ2n) is 3.04. The van der Waals surface area contributed by atoms with E-state index >= 15 is 0 Å². The van der Waals surface area contributed by atoms with E-state index in [1.54, 1.807) is 0 Å². The first-order valence-electron chi connectivity index (χ1n) is 4.33. The molecule has 0 N–H and O–H groups in total. The van der Waals surface area contributed by atoms with E-state index in [0.29, 0.717) is 0 Å². The first-order valence-corrected chi connectivity index (χ1v) is 6.27. The lowest BCUT2D eigenvalue weighted by molar-refractivity contribution is -0.115. The summed E-state index contributed by atoms with van der Waals surface area (Å²) < 4.78 is 36.0. The summed E-state index contributed by atoms with van der Waals surface area (Å²) in [5, 5.41) is 0.256. The molecule has 88 valence electrons. The maximum absolute atomic E-state index is 12.0. The van der Waals surface area contributed by atoms with Crippen LogP contribution >= 0.6 is 27.7 Å². The Kier molecular flexibility index (Phi) is 4.86. The van der Waals surface area contributed by atoms with Crippen molar-refractivity contribution in [2.45, 2.75) is 16.8 Å². The number of thioether (sulfide) groups is 1. The number of carbonyl (C=O) groups excluding carboxylic acids is 1. The standard InChI is InChI=1S/C10H8BrF3OS/c11-6-8(15)5-7-1-3-9(4-2-7)16-10(12,13)14/h1-4H,5-6H2. The Balaban J connectivity index is 2.64. The van der Waals surface area contributed by atoms with Gasteiger partial charge in [-0.3, -0.25) is 4.79 Å². The number of hydrogen-bond donors (Lipinski definition) is 0. The van der Waals surface area contributed by atoms with Crippen molar-refractivity contribution >= 4 is 33.5 Å². The monoisotopic (exact) mass is 312 g/mol. The van der Waals surface area contributed by atoms with E-state index in [1.807, 2.05) is 0 Å². The third kappa shape index (κ3) is 5.03. The third-order valence-corrected chi connectivity index (χ3v) is 3.07. The summed E-state index contributed by atoms with van der Waals surface area (Å²) in [6, 6.07) is 5.81. The van der Waals surface area contributed by atoms with Gasteiger partial charge < -0.3 is 0 Å². The maximum atomic E-state index is 12.0. The molecule has 0 fully saturated rings. The van der Waals surface area contributed by atoms with Gasteiger partial charge in [-0.05, 0) is 29.5 Å². The lowest BCUT2D eigenvalue weighted by Gasteiger charge is -2.06. The van der Waals surface area contributed by atoms with Crippen LogP contribution in [0.3, 0.4) is 0 Å².